The lowest BCUT2D eigenvalue weighted by atomic mass is 9.44. The van der Waals surface area contributed by atoms with E-state index in [4.69, 9.17) is 13.9 Å². The van der Waals surface area contributed by atoms with E-state index in [0.717, 1.165) is 12.2 Å². The average molecular weight is 424 g/mol. The van der Waals surface area contributed by atoms with Gasteiger partial charge in [-0.3, -0.25) is 14.5 Å². The van der Waals surface area contributed by atoms with E-state index < -0.39 is 11.4 Å². The second kappa shape index (κ2) is 6.95. The third kappa shape index (κ3) is 2.54. The molecular weight excluding hydrogens is 394 g/mol. The topological polar surface area (TPSA) is 69.0 Å². The molecule has 5 unspecified atom stereocenters. The number of Topliss-reactive ketones (excluding diaryl/α,β-unsaturated/α-hetero) is 1. The highest BCUT2D eigenvalue weighted by Gasteiger charge is 2.71. The number of hydrogen-bond acceptors (Lipinski definition) is 6. The molecule has 5 atom stereocenters. The number of piperidine rings is 2. The number of hydrogen-bond donors (Lipinski definition) is 0. The fourth-order valence-corrected chi connectivity index (χ4v) is 6.88. The summed E-state index contributed by atoms with van der Waals surface area (Å²) in [6.45, 7) is 4.25. The van der Waals surface area contributed by atoms with Gasteiger partial charge in [0.2, 0.25) is 5.78 Å². The first-order chi connectivity index (χ1) is 14.9. The third-order valence-electron chi connectivity index (χ3n) is 8.16. The van der Waals surface area contributed by atoms with Gasteiger partial charge in [0.05, 0.1) is 20.0 Å². The highest BCUT2D eigenvalue weighted by molar-refractivity contribution is 6.12. The third-order valence-corrected chi connectivity index (χ3v) is 8.16. The van der Waals surface area contributed by atoms with Crippen molar-refractivity contribution in [2.45, 2.75) is 51.1 Å². The van der Waals surface area contributed by atoms with E-state index in [1.807, 2.05) is 12.1 Å². The molecule has 0 radical (unpaired) electrons. The number of methoxy groups -OCH3 is 1. The molecule has 0 spiro atoms. The van der Waals surface area contributed by atoms with Gasteiger partial charge < -0.3 is 13.9 Å². The number of esters is 1. The molecule has 0 N–H and O–H groups in total. The molecule has 6 rings (SSSR count). The first-order valence-corrected chi connectivity index (χ1v) is 11.0. The first-order valence-electron chi connectivity index (χ1n) is 11.0. The maximum absolute atomic E-state index is 13.8. The Morgan fingerprint density at radius 1 is 1.23 bits per heavy atom. The largest absolute Gasteiger partial charge is 0.496 e. The molecule has 2 saturated heterocycles. The highest BCUT2D eigenvalue weighted by atomic mass is 16.5. The van der Waals surface area contributed by atoms with Crippen molar-refractivity contribution in [3.05, 3.63) is 53.5 Å². The van der Waals surface area contributed by atoms with E-state index >= 15 is 0 Å². The molecule has 0 amide bonds. The van der Waals surface area contributed by atoms with Crippen LogP contribution in [-0.4, -0.2) is 49.5 Å². The number of rotatable bonds is 5. The predicted octanol–water partition coefficient (Wildman–Crippen LogP) is 3.84. The molecule has 1 aromatic carbocycles. The summed E-state index contributed by atoms with van der Waals surface area (Å²) in [6.07, 6.45) is 3.50. The molecule has 1 saturated carbocycles. The molecule has 164 valence electrons. The zero-order valence-electron chi connectivity index (χ0n) is 18.5. The zero-order valence-corrected chi connectivity index (χ0v) is 18.5. The highest BCUT2D eigenvalue weighted by Crippen LogP contribution is 2.66. The molecule has 31 heavy (non-hydrogen) atoms. The minimum atomic E-state index is -1.27. The summed E-state index contributed by atoms with van der Waals surface area (Å²) >= 11 is 0. The Bertz CT molecular complexity index is 1030. The zero-order chi connectivity index (χ0) is 22.0. The van der Waals surface area contributed by atoms with Crippen molar-refractivity contribution >= 4 is 11.8 Å². The van der Waals surface area contributed by atoms with E-state index in [1.165, 1.54) is 17.4 Å². The van der Waals surface area contributed by atoms with Crippen LogP contribution in [-0.2, 0) is 16.0 Å². The maximum atomic E-state index is 13.8. The van der Waals surface area contributed by atoms with Crippen LogP contribution in [0.5, 0.6) is 5.75 Å². The number of benzene rings is 1. The van der Waals surface area contributed by atoms with Crippen LogP contribution in [0.4, 0.5) is 0 Å². The van der Waals surface area contributed by atoms with Crippen LogP contribution in [0.2, 0.25) is 0 Å². The van der Waals surface area contributed by atoms with Gasteiger partial charge in [0, 0.05) is 17.6 Å². The summed E-state index contributed by atoms with van der Waals surface area (Å²) in [5.74, 6) is 0.636. The van der Waals surface area contributed by atoms with Crippen LogP contribution >= 0.6 is 0 Å². The number of fused-ring (bicyclic) bond motifs is 2. The van der Waals surface area contributed by atoms with Crippen molar-refractivity contribution in [1.29, 1.82) is 0 Å². The molecule has 2 aromatic rings. The fourth-order valence-electron chi connectivity index (χ4n) is 6.88. The number of likely N-dealkylation sites (N-methyl/N-ethyl adjacent to an activating group) is 1. The van der Waals surface area contributed by atoms with Crippen LogP contribution in [0.3, 0.4) is 0 Å². The van der Waals surface area contributed by atoms with Crippen LogP contribution in [0.25, 0.3) is 0 Å². The van der Waals surface area contributed by atoms with Crippen molar-refractivity contribution in [2.24, 2.45) is 10.8 Å². The lowest BCUT2D eigenvalue weighted by molar-refractivity contribution is -0.183. The Balaban J connectivity index is 1.67. The molecule has 2 aliphatic carbocycles. The SMILES string of the molecule is CCOC(=O)C1(C(=O)c2ccco2)CC2(C)C3CC1N(C)C2Cc1cccc(OC)c13. The number of ether oxygens (including phenoxy) is 2. The van der Waals surface area contributed by atoms with Crippen molar-refractivity contribution in [3.63, 3.8) is 0 Å². The van der Waals surface area contributed by atoms with Crippen molar-refractivity contribution < 1.29 is 23.5 Å². The van der Waals surface area contributed by atoms with Gasteiger partial charge in [-0.1, -0.05) is 19.1 Å². The van der Waals surface area contributed by atoms with E-state index in [-0.39, 0.29) is 41.6 Å². The number of carbonyl (C=O) groups is 2. The van der Waals surface area contributed by atoms with Gasteiger partial charge in [-0.15, -0.1) is 0 Å². The summed E-state index contributed by atoms with van der Waals surface area (Å²) < 4.78 is 16.7. The van der Waals surface area contributed by atoms with E-state index in [1.54, 1.807) is 26.2 Å². The van der Waals surface area contributed by atoms with Crippen molar-refractivity contribution in [1.82, 2.24) is 4.90 Å². The number of nitrogens with zero attached hydrogens (tertiary/aromatic N) is 1. The van der Waals surface area contributed by atoms with Gasteiger partial charge in [-0.25, -0.2) is 0 Å². The Labute approximate surface area is 182 Å². The Morgan fingerprint density at radius 3 is 2.71 bits per heavy atom. The van der Waals surface area contributed by atoms with E-state index in [9.17, 15) is 9.59 Å². The van der Waals surface area contributed by atoms with Gasteiger partial charge in [0.1, 0.15) is 11.2 Å². The van der Waals surface area contributed by atoms with Gasteiger partial charge in [-0.05, 0) is 68.3 Å². The Morgan fingerprint density at radius 2 is 2.03 bits per heavy atom. The van der Waals surface area contributed by atoms with Crippen LogP contribution in [0, 0.1) is 10.8 Å². The summed E-state index contributed by atoms with van der Waals surface area (Å²) in [5, 5.41) is 0. The lowest BCUT2D eigenvalue weighted by Crippen LogP contribution is -2.74. The molecule has 4 aliphatic rings. The molecule has 6 heteroatoms. The summed E-state index contributed by atoms with van der Waals surface area (Å²) in [7, 11) is 3.76. The summed E-state index contributed by atoms with van der Waals surface area (Å²) in [6, 6.07) is 9.55. The Kier molecular flexibility index (Phi) is 4.56. The van der Waals surface area contributed by atoms with E-state index in [0.29, 0.717) is 12.8 Å². The number of ketones is 1. The average Bonchev–Trinajstić information content (AvgIpc) is 3.29. The fraction of sp³-hybridized carbons (Fsp3) is 0.520. The van der Waals surface area contributed by atoms with Gasteiger partial charge >= 0.3 is 5.97 Å². The molecule has 6 nitrogen and oxygen atoms in total. The second-order valence-corrected chi connectivity index (χ2v) is 9.40. The molecule has 1 aromatic heterocycles. The molecule has 2 aliphatic heterocycles. The standard InChI is InChI=1S/C25H29NO5/c1-5-30-23(28)25(22(27)18-10-7-11-31-18)14-24(2)16-13-20(25)26(3)19(24)12-15-8-6-9-17(29-4)21(15)16/h6-11,16,19-20H,5,12-14H2,1-4H3. The number of carbonyl (C=O) groups excluding carboxylic acids is 2. The maximum Gasteiger partial charge on any atom is 0.321 e. The summed E-state index contributed by atoms with van der Waals surface area (Å²) in [5.41, 5.74) is 0.993. The van der Waals surface area contributed by atoms with Gasteiger partial charge in [-0.2, -0.15) is 0 Å². The second-order valence-electron chi connectivity index (χ2n) is 9.40. The minimum Gasteiger partial charge on any atom is -0.496 e. The van der Waals surface area contributed by atoms with Crippen molar-refractivity contribution in [2.75, 3.05) is 20.8 Å². The predicted molar refractivity (Wildman–Crippen MR) is 114 cm³/mol. The molecule has 3 heterocycles. The Hall–Kier alpha value is -2.60. The summed E-state index contributed by atoms with van der Waals surface area (Å²) in [4.78, 5) is 29.6. The van der Waals surface area contributed by atoms with Gasteiger partial charge in [0.25, 0.3) is 0 Å². The van der Waals surface area contributed by atoms with Gasteiger partial charge in [0.15, 0.2) is 5.76 Å². The van der Waals surface area contributed by atoms with Crippen LogP contribution < -0.4 is 4.74 Å². The normalized spacial score (nSPS) is 33.6. The monoisotopic (exact) mass is 423 g/mol. The lowest BCUT2D eigenvalue weighted by Gasteiger charge is -2.67. The quantitative estimate of drug-likeness (QED) is 0.413. The van der Waals surface area contributed by atoms with E-state index in [2.05, 4.69) is 24.9 Å². The van der Waals surface area contributed by atoms with Crippen LogP contribution in [0.1, 0.15) is 54.3 Å². The first kappa shape index (κ1) is 20.3. The van der Waals surface area contributed by atoms with Crippen LogP contribution in [0.15, 0.2) is 41.0 Å². The molecular formula is C25H29NO5. The smallest absolute Gasteiger partial charge is 0.321 e. The molecule has 3 fully saturated rings. The molecule has 4 bridgehead atoms. The minimum absolute atomic E-state index is 0.213. The van der Waals surface area contributed by atoms with Crippen molar-refractivity contribution in [3.8, 4) is 5.75 Å². The number of furan rings is 1.